The summed E-state index contributed by atoms with van der Waals surface area (Å²) in [5.74, 6) is -0.221. The third kappa shape index (κ3) is 3.50. The Bertz CT molecular complexity index is 991. The van der Waals surface area contributed by atoms with Crippen LogP contribution < -0.4 is 4.74 Å². The highest BCUT2D eigenvalue weighted by Gasteiger charge is 2.07. The van der Waals surface area contributed by atoms with Crippen molar-refractivity contribution in [2.45, 2.75) is 0 Å². The van der Waals surface area contributed by atoms with Crippen LogP contribution in [-0.4, -0.2) is 22.8 Å². The van der Waals surface area contributed by atoms with Crippen molar-refractivity contribution in [3.8, 4) is 17.5 Å². The number of methoxy groups -OCH3 is 1. The van der Waals surface area contributed by atoms with Crippen LogP contribution in [0.3, 0.4) is 0 Å². The van der Waals surface area contributed by atoms with Crippen LogP contribution >= 0.6 is 0 Å². The molecule has 0 aliphatic carbocycles. The molecule has 128 valence electrons. The summed E-state index contributed by atoms with van der Waals surface area (Å²) in [5, 5.41) is 18.5. The fraction of sp³-hybridized carbons (Fsp3) is 0.0476. The molecule has 0 bridgehead atoms. The Hall–Kier alpha value is -3.78. The Balaban J connectivity index is 1.96. The Labute approximate surface area is 151 Å². The second-order valence-electron chi connectivity index (χ2n) is 5.55. The molecule has 0 saturated carbocycles. The summed E-state index contributed by atoms with van der Waals surface area (Å²) in [6.07, 6.45) is 3.69. The van der Waals surface area contributed by atoms with Gasteiger partial charge >= 0.3 is 5.97 Å². The number of carbonyl (C=O) groups is 1. The number of nitriles is 1. The SMILES string of the molecule is COc1ccc(-n2cccc2/C=C(/C#N)c2ccc(C(=O)O)cc2)cc1. The molecule has 3 rings (SSSR count). The van der Waals surface area contributed by atoms with E-state index in [2.05, 4.69) is 6.07 Å². The Morgan fingerprint density at radius 1 is 1.08 bits per heavy atom. The number of allylic oxidation sites excluding steroid dienone is 1. The molecule has 5 heteroatoms. The molecule has 5 nitrogen and oxygen atoms in total. The van der Waals surface area contributed by atoms with Crippen molar-refractivity contribution in [1.29, 1.82) is 5.26 Å². The van der Waals surface area contributed by atoms with E-state index in [1.54, 1.807) is 25.3 Å². The molecule has 1 aromatic heterocycles. The number of aromatic carboxylic acids is 1. The summed E-state index contributed by atoms with van der Waals surface area (Å²) < 4.78 is 7.14. The van der Waals surface area contributed by atoms with Gasteiger partial charge < -0.3 is 14.4 Å². The highest BCUT2D eigenvalue weighted by atomic mass is 16.5. The minimum atomic E-state index is -0.993. The zero-order valence-corrected chi connectivity index (χ0v) is 14.1. The van der Waals surface area contributed by atoms with Gasteiger partial charge in [0, 0.05) is 17.6 Å². The quantitative estimate of drug-likeness (QED) is 0.702. The van der Waals surface area contributed by atoms with Crippen molar-refractivity contribution >= 4 is 17.6 Å². The summed E-state index contributed by atoms with van der Waals surface area (Å²) in [7, 11) is 1.62. The molecule has 0 unspecified atom stereocenters. The minimum Gasteiger partial charge on any atom is -0.497 e. The number of hydrogen-bond acceptors (Lipinski definition) is 3. The molecule has 0 aliphatic heterocycles. The van der Waals surface area contributed by atoms with Gasteiger partial charge in [-0.1, -0.05) is 12.1 Å². The smallest absolute Gasteiger partial charge is 0.335 e. The maximum absolute atomic E-state index is 11.0. The predicted molar refractivity (Wildman–Crippen MR) is 99.2 cm³/mol. The zero-order valence-electron chi connectivity index (χ0n) is 14.1. The average molecular weight is 344 g/mol. The van der Waals surface area contributed by atoms with Gasteiger partial charge in [0.25, 0.3) is 0 Å². The van der Waals surface area contributed by atoms with E-state index in [0.29, 0.717) is 11.1 Å². The summed E-state index contributed by atoms with van der Waals surface area (Å²) in [6.45, 7) is 0. The molecule has 1 heterocycles. The highest BCUT2D eigenvalue weighted by molar-refractivity contribution is 5.92. The Morgan fingerprint density at radius 3 is 2.31 bits per heavy atom. The summed E-state index contributed by atoms with van der Waals surface area (Å²) in [5.41, 5.74) is 3.10. The lowest BCUT2D eigenvalue weighted by molar-refractivity contribution is 0.0697. The molecule has 3 aromatic rings. The fourth-order valence-corrected chi connectivity index (χ4v) is 2.61. The molecule has 0 atom stereocenters. The average Bonchev–Trinajstić information content (AvgIpc) is 3.14. The second kappa shape index (κ2) is 7.41. The molecule has 0 amide bonds. The molecule has 0 aliphatic rings. The van der Waals surface area contributed by atoms with Crippen molar-refractivity contribution in [3.63, 3.8) is 0 Å². The molecule has 2 aromatic carbocycles. The molecular weight excluding hydrogens is 328 g/mol. The lowest BCUT2D eigenvalue weighted by Gasteiger charge is -2.08. The summed E-state index contributed by atoms with van der Waals surface area (Å²) in [6, 6.07) is 19.9. The largest absolute Gasteiger partial charge is 0.497 e. The maximum atomic E-state index is 11.0. The molecule has 0 saturated heterocycles. The molecule has 26 heavy (non-hydrogen) atoms. The molecule has 1 N–H and O–H groups in total. The fourth-order valence-electron chi connectivity index (χ4n) is 2.61. The van der Waals surface area contributed by atoms with Crippen LogP contribution in [0, 0.1) is 11.3 Å². The van der Waals surface area contributed by atoms with E-state index in [1.807, 2.05) is 47.2 Å². The molecule has 0 radical (unpaired) electrons. The maximum Gasteiger partial charge on any atom is 0.335 e. The number of nitrogens with zero attached hydrogens (tertiary/aromatic N) is 2. The van der Waals surface area contributed by atoms with E-state index in [0.717, 1.165) is 17.1 Å². The Morgan fingerprint density at radius 2 is 1.73 bits per heavy atom. The van der Waals surface area contributed by atoms with E-state index in [1.165, 1.54) is 12.1 Å². The van der Waals surface area contributed by atoms with Crippen LogP contribution in [0.5, 0.6) is 5.75 Å². The number of aromatic nitrogens is 1. The first kappa shape index (κ1) is 17.1. The van der Waals surface area contributed by atoms with Crippen molar-refractivity contribution in [1.82, 2.24) is 4.57 Å². The van der Waals surface area contributed by atoms with Crippen LogP contribution in [0.1, 0.15) is 21.6 Å². The van der Waals surface area contributed by atoms with E-state index in [9.17, 15) is 10.1 Å². The van der Waals surface area contributed by atoms with Gasteiger partial charge in [-0.15, -0.1) is 0 Å². The first-order chi connectivity index (χ1) is 12.6. The van der Waals surface area contributed by atoms with Gasteiger partial charge in [-0.3, -0.25) is 0 Å². The number of ether oxygens (including phenoxy) is 1. The van der Waals surface area contributed by atoms with Gasteiger partial charge in [0.2, 0.25) is 0 Å². The first-order valence-corrected chi connectivity index (χ1v) is 7.89. The highest BCUT2D eigenvalue weighted by Crippen LogP contribution is 2.22. The van der Waals surface area contributed by atoms with E-state index in [4.69, 9.17) is 9.84 Å². The van der Waals surface area contributed by atoms with Crippen LogP contribution in [0.15, 0.2) is 66.9 Å². The van der Waals surface area contributed by atoms with E-state index < -0.39 is 5.97 Å². The normalized spacial score (nSPS) is 11.0. The molecule has 0 fully saturated rings. The Kier molecular flexibility index (Phi) is 4.86. The minimum absolute atomic E-state index is 0.188. The van der Waals surface area contributed by atoms with Gasteiger partial charge in [0.15, 0.2) is 0 Å². The van der Waals surface area contributed by atoms with Gasteiger partial charge in [-0.2, -0.15) is 5.26 Å². The number of rotatable bonds is 5. The standard InChI is InChI=1S/C21H16N2O3/c1-26-20-10-8-18(9-11-20)23-12-2-3-19(23)13-17(14-22)15-4-6-16(7-5-15)21(24)25/h2-13H,1H3,(H,24,25)/b17-13-. The van der Waals surface area contributed by atoms with E-state index >= 15 is 0 Å². The summed E-state index contributed by atoms with van der Waals surface area (Å²) >= 11 is 0. The topological polar surface area (TPSA) is 75.2 Å². The third-order valence-electron chi connectivity index (χ3n) is 3.99. The number of benzene rings is 2. The van der Waals surface area contributed by atoms with E-state index in [-0.39, 0.29) is 5.56 Å². The monoisotopic (exact) mass is 344 g/mol. The zero-order chi connectivity index (χ0) is 18.5. The van der Waals surface area contributed by atoms with Gasteiger partial charge in [-0.25, -0.2) is 4.79 Å². The van der Waals surface area contributed by atoms with Crippen LogP contribution in [0.25, 0.3) is 17.3 Å². The predicted octanol–water partition coefficient (Wildman–Crippen LogP) is 4.25. The number of carboxylic acids is 1. The third-order valence-corrected chi connectivity index (χ3v) is 3.99. The molecular formula is C21H16N2O3. The molecule has 0 spiro atoms. The van der Waals surface area contributed by atoms with Crippen molar-refractivity contribution < 1.29 is 14.6 Å². The second-order valence-corrected chi connectivity index (χ2v) is 5.55. The first-order valence-electron chi connectivity index (χ1n) is 7.89. The van der Waals surface area contributed by atoms with Crippen molar-refractivity contribution in [3.05, 3.63) is 83.7 Å². The van der Waals surface area contributed by atoms with Crippen LogP contribution in [0.2, 0.25) is 0 Å². The van der Waals surface area contributed by atoms with Crippen molar-refractivity contribution in [2.75, 3.05) is 7.11 Å². The number of hydrogen-bond donors (Lipinski definition) is 1. The van der Waals surface area contributed by atoms with Crippen molar-refractivity contribution in [2.24, 2.45) is 0 Å². The van der Waals surface area contributed by atoms with Crippen LogP contribution in [-0.2, 0) is 0 Å². The van der Waals surface area contributed by atoms with Gasteiger partial charge in [-0.05, 0) is 60.2 Å². The van der Waals surface area contributed by atoms with Gasteiger partial charge in [0.05, 0.1) is 24.3 Å². The lowest BCUT2D eigenvalue weighted by Crippen LogP contribution is -1.97. The summed E-state index contributed by atoms with van der Waals surface area (Å²) in [4.78, 5) is 11.0. The number of carboxylic acid groups (broad SMARTS) is 1. The van der Waals surface area contributed by atoms with Gasteiger partial charge in [0.1, 0.15) is 5.75 Å². The van der Waals surface area contributed by atoms with Crippen LogP contribution in [0.4, 0.5) is 0 Å². The lowest BCUT2D eigenvalue weighted by atomic mass is 10.0.